The molecule has 1 heterocycles. The predicted octanol–water partition coefficient (Wildman–Crippen LogP) is 22.2. The highest BCUT2D eigenvalue weighted by molar-refractivity contribution is 4.98. The van der Waals surface area contributed by atoms with E-state index in [-0.39, 0.29) is 0 Å². The van der Waals surface area contributed by atoms with Crippen LogP contribution in [0.3, 0.4) is 0 Å². The largest absolute Gasteiger partial charge is 0.218 e. The zero-order chi connectivity index (χ0) is 46.5. The Bertz CT molecular complexity index is 949. The molecule has 1 aromatic heterocycles. The molecule has 0 radical (unpaired) electrons. The standard InChI is InChI=1S/C62H121N3/c1-4-7-9-11-13-15-17-19-21-23-25-27-29-31-33-35-37-39-41-43-45-47-49-51-53-55-58-61-63-60(57-6-3)64-62(65-61)59-56-54-52-50-48-46-44-42-40-38-36-34-32-30-28-26-24-22-20-18-16-14-12-10-8-5-2/h4-59H2,1-3H3. The summed E-state index contributed by atoms with van der Waals surface area (Å²) in [7, 11) is 0. The monoisotopic (exact) mass is 908 g/mol. The van der Waals surface area contributed by atoms with Crippen LogP contribution in [0.15, 0.2) is 0 Å². The molecule has 65 heavy (non-hydrogen) atoms. The number of nitrogens with zero attached hydrogens (tertiary/aromatic N) is 3. The van der Waals surface area contributed by atoms with Crippen LogP contribution in [0.1, 0.15) is 379 Å². The highest BCUT2D eigenvalue weighted by Crippen LogP contribution is 2.19. The van der Waals surface area contributed by atoms with Crippen molar-refractivity contribution in [3.8, 4) is 0 Å². The number of aromatic nitrogens is 3. The minimum absolute atomic E-state index is 0.988. The molecule has 3 heteroatoms. The Morgan fingerprint density at radius 3 is 0.446 bits per heavy atom. The lowest BCUT2D eigenvalue weighted by Gasteiger charge is -2.08. The lowest BCUT2D eigenvalue weighted by atomic mass is 10.0. The van der Waals surface area contributed by atoms with Crippen molar-refractivity contribution in [2.45, 2.75) is 380 Å². The van der Waals surface area contributed by atoms with Gasteiger partial charge >= 0.3 is 0 Å². The summed E-state index contributed by atoms with van der Waals surface area (Å²) in [6, 6.07) is 0. The lowest BCUT2D eigenvalue weighted by molar-refractivity contribution is 0.514. The summed E-state index contributed by atoms with van der Waals surface area (Å²) in [6.45, 7) is 6.87. The predicted molar refractivity (Wildman–Crippen MR) is 293 cm³/mol. The second-order valence-electron chi connectivity index (χ2n) is 21.5. The summed E-state index contributed by atoms with van der Waals surface area (Å²) >= 11 is 0. The van der Waals surface area contributed by atoms with E-state index < -0.39 is 0 Å². The van der Waals surface area contributed by atoms with Gasteiger partial charge in [-0.25, -0.2) is 15.0 Å². The Morgan fingerprint density at radius 1 is 0.154 bits per heavy atom. The summed E-state index contributed by atoms with van der Waals surface area (Å²) in [5.74, 6) is 3.17. The maximum absolute atomic E-state index is 4.96. The molecule has 0 aliphatic carbocycles. The van der Waals surface area contributed by atoms with Crippen molar-refractivity contribution in [1.29, 1.82) is 0 Å². The van der Waals surface area contributed by atoms with Crippen molar-refractivity contribution in [3.63, 3.8) is 0 Å². The van der Waals surface area contributed by atoms with E-state index in [0.717, 1.165) is 43.2 Å². The molecule has 0 unspecified atom stereocenters. The number of rotatable bonds is 56. The van der Waals surface area contributed by atoms with Gasteiger partial charge in [-0.1, -0.05) is 342 Å². The maximum atomic E-state index is 4.96. The van der Waals surface area contributed by atoms with Gasteiger partial charge in [0.05, 0.1) is 0 Å². The molecular weight excluding hydrogens is 787 g/mol. The van der Waals surface area contributed by atoms with Crippen LogP contribution < -0.4 is 0 Å². The van der Waals surface area contributed by atoms with E-state index in [1.165, 1.54) is 334 Å². The van der Waals surface area contributed by atoms with Gasteiger partial charge in [0.2, 0.25) is 0 Å². The number of hydrogen-bond acceptors (Lipinski definition) is 3. The van der Waals surface area contributed by atoms with Crippen molar-refractivity contribution in [2.24, 2.45) is 0 Å². The van der Waals surface area contributed by atoms with E-state index in [9.17, 15) is 0 Å². The molecule has 0 bridgehead atoms. The van der Waals surface area contributed by atoms with Crippen LogP contribution in [0.5, 0.6) is 0 Å². The first kappa shape index (κ1) is 62.0. The summed E-state index contributed by atoms with van der Waals surface area (Å²) < 4.78 is 0. The SMILES string of the molecule is CCCCCCCCCCCCCCCCCCCCCCCCCCCCc1nc(CCC)nc(CCCCCCCCCCCCCCCCCCCCCCCCCCCC)n1. The zero-order valence-electron chi connectivity index (χ0n) is 45.4. The van der Waals surface area contributed by atoms with Crippen LogP contribution in [0.25, 0.3) is 0 Å². The van der Waals surface area contributed by atoms with Crippen LogP contribution in [-0.4, -0.2) is 15.0 Å². The van der Waals surface area contributed by atoms with Gasteiger partial charge in [0.25, 0.3) is 0 Å². The van der Waals surface area contributed by atoms with Gasteiger partial charge < -0.3 is 0 Å². The molecule has 0 fully saturated rings. The Hall–Kier alpha value is -0.990. The van der Waals surface area contributed by atoms with Gasteiger partial charge in [0.15, 0.2) is 0 Å². The first-order valence-corrected chi connectivity index (χ1v) is 31.0. The Kier molecular flexibility index (Phi) is 51.5. The van der Waals surface area contributed by atoms with Gasteiger partial charge in [0, 0.05) is 19.3 Å². The van der Waals surface area contributed by atoms with Crippen molar-refractivity contribution < 1.29 is 0 Å². The number of hydrogen-bond donors (Lipinski definition) is 0. The maximum Gasteiger partial charge on any atom is 0.132 e. The first-order valence-electron chi connectivity index (χ1n) is 31.0. The molecule has 0 saturated carbocycles. The quantitative estimate of drug-likeness (QED) is 0.0611. The molecule has 384 valence electrons. The molecule has 1 aromatic rings. The van der Waals surface area contributed by atoms with E-state index in [2.05, 4.69) is 20.8 Å². The van der Waals surface area contributed by atoms with Crippen LogP contribution in [-0.2, 0) is 19.3 Å². The molecule has 0 atom stereocenters. The summed E-state index contributed by atoms with van der Waals surface area (Å²) in [4.78, 5) is 14.7. The zero-order valence-corrected chi connectivity index (χ0v) is 45.4. The number of unbranched alkanes of at least 4 members (excludes halogenated alkanes) is 50. The van der Waals surface area contributed by atoms with Crippen LogP contribution in [0.2, 0.25) is 0 Å². The molecule has 0 saturated heterocycles. The Balaban J connectivity index is 1.87. The van der Waals surface area contributed by atoms with Crippen molar-refractivity contribution in [1.82, 2.24) is 15.0 Å². The van der Waals surface area contributed by atoms with Gasteiger partial charge in [-0.05, 0) is 19.3 Å². The molecule has 0 N–H and O–H groups in total. The third kappa shape index (κ3) is 47.9. The smallest absolute Gasteiger partial charge is 0.132 e. The molecule has 0 amide bonds. The molecule has 0 aromatic carbocycles. The molecule has 1 rings (SSSR count). The van der Waals surface area contributed by atoms with Crippen LogP contribution in [0.4, 0.5) is 0 Å². The van der Waals surface area contributed by atoms with Gasteiger partial charge in [-0.15, -0.1) is 0 Å². The molecular formula is C62H121N3. The van der Waals surface area contributed by atoms with Crippen molar-refractivity contribution >= 4 is 0 Å². The van der Waals surface area contributed by atoms with Crippen LogP contribution in [0, 0.1) is 0 Å². The fraction of sp³-hybridized carbons (Fsp3) is 0.952. The van der Waals surface area contributed by atoms with E-state index in [0.29, 0.717) is 0 Å². The Labute approximate surface area is 411 Å². The van der Waals surface area contributed by atoms with Crippen molar-refractivity contribution in [2.75, 3.05) is 0 Å². The van der Waals surface area contributed by atoms with E-state index in [1.54, 1.807) is 0 Å². The summed E-state index contributed by atoms with van der Waals surface area (Å²) in [6.07, 6.45) is 79.2. The molecule has 3 nitrogen and oxygen atoms in total. The van der Waals surface area contributed by atoms with Gasteiger partial charge in [0.1, 0.15) is 17.5 Å². The molecule has 0 aliphatic heterocycles. The highest BCUT2D eigenvalue weighted by Gasteiger charge is 2.07. The first-order chi connectivity index (χ1) is 32.3. The minimum Gasteiger partial charge on any atom is -0.218 e. The van der Waals surface area contributed by atoms with Gasteiger partial charge in [-0.3, -0.25) is 0 Å². The third-order valence-electron chi connectivity index (χ3n) is 14.8. The number of aryl methyl sites for hydroxylation is 3. The second kappa shape index (κ2) is 54.0. The van der Waals surface area contributed by atoms with Gasteiger partial charge in [-0.2, -0.15) is 0 Å². The normalized spacial score (nSPS) is 11.7. The average molecular weight is 909 g/mol. The van der Waals surface area contributed by atoms with E-state index in [4.69, 9.17) is 15.0 Å². The average Bonchev–Trinajstić information content (AvgIpc) is 3.31. The van der Waals surface area contributed by atoms with Crippen molar-refractivity contribution in [3.05, 3.63) is 17.5 Å². The topological polar surface area (TPSA) is 38.7 Å². The molecule has 0 aliphatic rings. The fourth-order valence-corrected chi connectivity index (χ4v) is 10.3. The van der Waals surface area contributed by atoms with E-state index in [1.807, 2.05) is 0 Å². The summed E-state index contributed by atoms with van der Waals surface area (Å²) in [5, 5.41) is 0. The third-order valence-corrected chi connectivity index (χ3v) is 14.8. The fourth-order valence-electron chi connectivity index (χ4n) is 10.3. The second-order valence-corrected chi connectivity index (χ2v) is 21.5. The minimum atomic E-state index is 0.988. The van der Waals surface area contributed by atoms with E-state index >= 15 is 0 Å². The summed E-state index contributed by atoms with van der Waals surface area (Å²) in [5.41, 5.74) is 0. The molecule has 0 spiro atoms. The highest BCUT2D eigenvalue weighted by atomic mass is 15.0. The Morgan fingerprint density at radius 2 is 0.292 bits per heavy atom. The lowest BCUT2D eigenvalue weighted by Crippen LogP contribution is -2.08. The van der Waals surface area contributed by atoms with Crippen LogP contribution >= 0.6 is 0 Å².